The van der Waals surface area contributed by atoms with Crippen molar-refractivity contribution < 1.29 is 4.39 Å². The Hall–Kier alpha value is -4.09. The topological polar surface area (TPSA) is 43.6 Å². The van der Waals surface area contributed by atoms with Crippen molar-refractivity contribution in [2.75, 3.05) is 0 Å². The molecule has 4 aromatic carbocycles. The molecule has 33 heavy (non-hydrogen) atoms. The molecule has 6 heteroatoms. The summed E-state index contributed by atoms with van der Waals surface area (Å²) in [6, 6.07) is 30.5. The quantitative estimate of drug-likeness (QED) is 0.289. The lowest BCUT2D eigenvalue weighted by Crippen LogP contribution is -2.06. The summed E-state index contributed by atoms with van der Waals surface area (Å²) in [5.74, 6) is 0.942. The fourth-order valence-corrected chi connectivity index (χ4v) is 4.26. The van der Waals surface area contributed by atoms with Gasteiger partial charge in [0.15, 0.2) is 11.6 Å². The van der Waals surface area contributed by atoms with Gasteiger partial charge in [0.25, 0.3) is 0 Å². The average molecular weight is 451 g/mol. The second kappa shape index (κ2) is 7.80. The summed E-state index contributed by atoms with van der Waals surface area (Å²) in [5.41, 5.74) is 3.46. The van der Waals surface area contributed by atoms with Crippen molar-refractivity contribution in [2.45, 2.75) is 0 Å². The number of hydrogen-bond acceptors (Lipinski definition) is 3. The van der Waals surface area contributed by atoms with Gasteiger partial charge < -0.3 is 0 Å². The molecule has 0 aliphatic heterocycles. The van der Waals surface area contributed by atoms with Crippen LogP contribution in [0.4, 0.5) is 4.39 Å². The second-order valence-corrected chi connectivity index (χ2v) is 8.05. The summed E-state index contributed by atoms with van der Waals surface area (Å²) in [4.78, 5) is 14.3. The van der Waals surface area contributed by atoms with Gasteiger partial charge in [-0.25, -0.2) is 9.37 Å². The fourth-order valence-electron chi connectivity index (χ4n) is 4.08. The van der Waals surface area contributed by atoms with Crippen LogP contribution in [-0.4, -0.2) is 19.5 Å². The lowest BCUT2D eigenvalue weighted by molar-refractivity contribution is 0.628. The largest absolute Gasteiger partial charge is 0.278 e. The van der Waals surface area contributed by atoms with E-state index in [0.29, 0.717) is 23.2 Å². The molecule has 6 rings (SSSR count). The monoisotopic (exact) mass is 450 g/mol. The van der Waals surface area contributed by atoms with E-state index in [2.05, 4.69) is 24.3 Å². The molecule has 0 aliphatic carbocycles. The van der Waals surface area contributed by atoms with Gasteiger partial charge in [0.2, 0.25) is 5.95 Å². The summed E-state index contributed by atoms with van der Waals surface area (Å²) >= 11 is 6.06. The molecule has 0 radical (unpaired) electrons. The van der Waals surface area contributed by atoms with E-state index >= 15 is 0 Å². The van der Waals surface area contributed by atoms with Crippen LogP contribution in [0.3, 0.4) is 0 Å². The fraction of sp³-hybridized carbons (Fsp3) is 0. The van der Waals surface area contributed by atoms with E-state index < -0.39 is 5.82 Å². The van der Waals surface area contributed by atoms with Crippen LogP contribution in [0.5, 0.6) is 0 Å². The lowest BCUT2D eigenvalue weighted by atomic mass is 10.2. The first-order valence-corrected chi connectivity index (χ1v) is 10.8. The van der Waals surface area contributed by atoms with E-state index in [1.807, 2.05) is 59.2 Å². The van der Waals surface area contributed by atoms with Gasteiger partial charge in [0.1, 0.15) is 5.82 Å². The van der Waals surface area contributed by atoms with Gasteiger partial charge in [-0.2, -0.15) is 9.97 Å². The Labute approximate surface area is 194 Å². The second-order valence-electron chi connectivity index (χ2n) is 7.65. The average Bonchev–Trinajstić information content (AvgIpc) is 3.20. The minimum absolute atomic E-state index is 0.0209. The zero-order valence-electron chi connectivity index (χ0n) is 17.3. The molecule has 0 unspecified atom stereocenters. The maximum Gasteiger partial charge on any atom is 0.238 e. The minimum Gasteiger partial charge on any atom is -0.278 e. The van der Waals surface area contributed by atoms with Crippen molar-refractivity contribution in [3.8, 4) is 28.7 Å². The maximum absolute atomic E-state index is 13.8. The summed E-state index contributed by atoms with van der Waals surface area (Å²) in [5, 5.41) is 2.25. The van der Waals surface area contributed by atoms with E-state index in [1.165, 1.54) is 12.1 Å². The molecule has 0 bridgehead atoms. The summed E-state index contributed by atoms with van der Waals surface area (Å²) < 4.78 is 15.9. The zero-order valence-corrected chi connectivity index (χ0v) is 18.0. The number of nitrogens with zero attached hydrogens (tertiary/aromatic N) is 4. The number of hydrogen-bond donors (Lipinski definition) is 0. The third-order valence-electron chi connectivity index (χ3n) is 5.61. The van der Waals surface area contributed by atoms with Crippen molar-refractivity contribution in [3.05, 3.63) is 108 Å². The Kier molecular flexibility index (Phi) is 4.63. The Bertz CT molecular complexity index is 1590. The van der Waals surface area contributed by atoms with E-state index in [-0.39, 0.29) is 5.02 Å². The highest BCUT2D eigenvalue weighted by atomic mass is 35.5. The van der Waals surface area contributed by atoms with Crippen molar-refractivity contribution in [1.29, 1.82) is 0 Å². The maximum atomic E-state index is 13.8. The molecule has 4 nitrogen and oxygen atoms in total. The highest BCUT2D eigenvalue weighted by molar-refractivity contribution is 6.31. The van der Waals surface area contributed by atoms with E-state index in [4.69, 9.17) is 26.6 Å². The Morgan fingerprint density at radius 3 is 1.82 bits per heavy atom. The third-order valence-corrected chi connectivity index (χ3v) is 5.90. The minimum atomic E-state index is -0.486. The molecule has 0 aliphatic rings. The third kappa shape index (κ3) is 3.34. The van der Waals surface area contributed by atoms with Crippen LogP contribution >= 0.6 is 11.6 Å². The van der Waals surface area contributed by atoms with Crippen LogP contribution in [0, 0.1) is 5.82 Å². The number of aromatic nitrogens is 4. The van der Waals surface area contributed by atoms with Gasteiger partial charge in [-0.3, -0.25) is 4.57 Å². The van der Waals surface area contributed by atoms with Gasteiger partial charge in [0.05, 0.1) is 16.1 Å². The Morgan fingerprint density at radius 2 is 1.18 bits per heavy atom. The molecule has 0 atom stereocenters. The van der Waals surface area contributed by atoms with Crippen molar-refractivity contribution >= 4 is 33.4 Å². The molecule has 0 saturated carbocycles. The van der Waals surface area contributed by atoms with Crippen LogP contribution < -0.4 is 0 Å². The molecular formula is C27H16ClFN4. The SMILES string of the molecule is Fc1ccc(-c2nc(-c3ccccc3)nc(-n3c4ccccc4c4ccccc43)n2)cc1Cl. The molecule has 0 amide bonds. The zero-order chi connectivity index (χ0) is 22.4. The number of rotatable bonds is 3. The van der Waals surface area contributed by atoms with E-state index in [0.717, 1.165) is 27.4 Å². The van der Waals surface area contributed by atoms with Crippen LogP contribution in [0.25, 0.3) is 50.5 Å². The van der Waals surface area contributed by atoms with Gasteiger partial charge in [-0.15, -0.1) is 0 Å². The van der Waals surface area contributed by atoms with Crippen molar-refractivity contribution in [2.24, 2.45) is 0 Å². The summed E-state index contributed by atoms with van der Waals surface area (Å²) in [6.07, 6.45) is 0. The van der Waals surface area contributed by atoms with Gasteiger partial charge >= 0.3 is 0 Å². The Morgan fingerprint density at radius 1 is 0.606 bits per heavy atom. The highest BCUT2D eigenvalue weighted by Gasteiger charge is 2.17. The number of halogens is 2. The van der Waals surface area contributed by atoms with Crippen LogP contribution in [0.2, 0.25) is 5.02 Å². The van der Waals surface area contributed by atoms with Crippen LogP contribution in [-0.2, 0) is 0 Å². The number of para-hydroxylation sites is 2. The summed E-state index contributed by atoms with van der Waals surface area (Å²) in [7, 11) is 0. The lowest BCUT2D eigenvalue weighted by Gasteiger charge is -2.11. The van der Waals surface area contributed by atoms with E-state index in [1.54, 1.807) is 6.07 Å². The molecular weight excluding hydrogens is 435 g/mol. The molecule has 2 heterocycles. The first-order chi connectivity index (χ1) is 16.2. The van der Waals surface area contributed by atoms with Crippen LogP contribution in [0.1, 0.15) is 0 Å². The highest BCUT2D eigenvalue weighted by Crippen LogP contribution is 2.32. The predicted octanol–water partition coefficient (Wildman–Crippen LogP) is 7.10. The van der Waals surface area contributed by atoms with Crippen LogP contribution in [0.15, 0.2) is 97.1 Å². The molecule has 2 aromatic heterocycles. The first-order valence-electron chi connectivity index (χ1n) is 10.4. The smallest absolute Gasteiger partial charge is 0.238 e. The van der Waals surface area contributed by atoms with Gasteiger partial charge in [0, 0.05) is 21.9 Å². The molecule has 6 aromatic rings. The number of fused-ring (bicyclic) bond motifs is 3. The molecule has 0 N–H and O–H groups in total. The van der Waals surface area contributed by atoms with Crippen molar-refractivity contribution in [1.82, 2.24) is 19.5 Å². The van der Waals surface area contributed by atoms with E-state index in [9.17, 15) is 4.39 Å². The molecule has 158 valence electrons. The Balaban J connectivity index is 1.68. The standard InChI is InChI=1S/C27H16ClFN4/c28-21-16-18(14-15-22(21)29)26-30-25(17-8-2-1-3-9-17)31-27(32-26)33-23-12-6-4-10-19(23)20-11-5-7-13-24(20)33/h1-16H. The number of benzene rings is 4. The molecule has 0 fully saturated rings. The predicted molar refractivity (Wildman–Crippen MR) is 130 cm³/mol. The van der Waals surface area contributed by atoms with Gasteiger partial charge in [-0.1, -0.05) is 78.3 Å². The van der Waals surface area contributed by atoms with Crippen molar-refractivity contribution in [3.63, 3.8) is 0 Å². The molecule has 0 saturated heterocycles. The normalized spacial score (nSPS) is 11.3. The summed E-state index contributed by atoms with van der Waals surface area (Å²) in [6.45, 7) is 0. The van der Waals surface area contributed by atoms with Gasteiger partial charge in [-0.05, 0) is 30.3 Å². The molecule has 0 spiro atoms. The first kappa shape index (κ1) is 19.6.